The molecule has 202 valence electrons. The topological polar surface area (TPSA) is 86.8 Å². The minimum atomic E-state index is -4.14. The molecular weight excluding hydrogens is 545 g/mol. The summed E-state index contributed by atoms with van der Waals surface area (Å²) >= 11 is 12.4. The van der Waals surface area contributed by atoms with E-state index in [4.69, 9.17) is 23.2 Å². The number of carbonyl (C=O) groups is 2. The van der Waals surface area contributed by atoms with Crippen LogP contribution in [0.2, 0.25) is 10.0 Å². The summed E-state index contributed by atoms with van der Waals surface area (Å²) in [6, 6.07) is 20.1. The third-order valence-electron chi connectivity index (χ3n) is 5.69. The molecular formula is C28H31Cl2N3O4S. The quantitative estimate of drug-likeness (QED) is 0.364. The lowest BCUT2D eigenvalue weighted by Gasteiger charge is -2.33. The molecule has 0 spiro atoms. The van der Waals surface area contributed by atoms with Crippen LogP contribution in [0.4, 0.5) is 5.69 Å². The largest absolute Gasteiger partial charge is 0.350 e. The van der Waals surface area contributed by atoms with Gasteiger partial charge in [0.1, 0.15) is 12.6 Å². The minimum absolute atomic E-state index is 0.0110. The number of amides is 2. The Labute approximate surface area is 234 Å². The molecule has 0 saturated carbocycles. The zero-order chi connectivity index (χ0) is 28.1. The van der Waals surface area contributed by atoms with Crippen molar-refractivity contribution >= 4 is 50.7 Å². The van der Waals surface area contributed by atoms with Crippen LogP contribution in [0.3, 0.4) is 0 Å². The maximum atomic E-state index is 13.9. The van der Waals surface area contributed by atoms with E-state index in [0.29, 0.717) is 15.6 Å². The van der Waals surface area contributed by atoms with Crippen LogP contribution in [0, 0.1) is 0 Å². The molecule has 2 amide bonds. The summed E-state index contributed by atoms with van der Waals surface area (Å²) in [4.78, 5) is 28.3. The summed E-state index contributed by atoms with van der Waals surface area (Å²) in [5.41, 5.74) is 0.356. The van der Waals surface area contributed by atoms with E-state index >= 15 is 0 Å². The average molecular weight is 577 g/mol. The maximum absolute atomic E-state index is 13.9. The van der Waals surface area contributed by atoms with Gasteiger partial charge in [-0.1, -0.05) is 59.6 Å². The normalized spacial score (nSPS) is 12.5. The van der Waals surface area contributed by atoms with Gasteiger partial charge in [0.2, 0.25) is 11.8 Å². The fourth-order valence-electron chi connectivity index (χ4n) is 3.72. The Morgan fingerprint density at radius 1 is 0.895 bits per heavy atom. The van der Waals surface area contributed by atoms with Crippen LogP contribution >= 0.6 is 23.2 Å². The van der Waals surface area contributed by atoms with Crippen LogP contribution in [-0.4, -0.2) is 43.3 Å². The highest BCUT2D eigenvalue weighted by atomic mass is 35.5. The highest BCUT2D eigenvalue weighted by Crippen LogP contribution is 2.26. The fourth-order valence-corrected chi connectivity index (χ4v) is 5.48. The molecule has 3 aromatic rings. The van der Waals surface area contributed by atoms with Crippen LogP contribution in [-0.2, 0) is 26.2 Å². The third-order valence-corrected chi connectivity index (χ3v) is 8.10. The lowest BCUT2D eigenvalue weighted by Crippen LogP contribution is -2.54. The minimum Gasteiger partial charge on any atom is -0.350 e. The number of sulfonamides is 1. The summed E-state index contributed by atoms with van der Waals surface area (Å²) in [7, 11) is -4.14. The Kier molecular flexibility index (Phi) is 9.46. The van der Waals surface area contributed by atoms with Crippen molar-refractivity contribution in [1.29, 1.82) is 0 Å². The molecule has 38 heavy (non-hydrogen) atoms. The Morgan fingerprint density at radius 2 is 1.47 bits per heavy atom. The Balaban J connectivity index is 2.03. The number of halogens is 2. The first kappa shape index (κ1) is 29.5. The first-order valence-electron chi connectivity index (χ1n) is 12.0. The second kappa shape index (κ2) is 12.2. The van der Waals surface area contributed by atoms with E-state index in [2.05, 4.69) is 5.32 Å². The van der Waals surface area contributed by atoms with Crippen molar-refractivity contribution in [3.8, 4) is 0 Å². The molecule has 1 atom stereocenters. The summed E-state index contributed by atoms with van der Waals surface area (Å²) in [5.74, 6) is -0.946. The van der Waals surface area contributed by atoms with Crippen molar-refractivity contribution < 1.29 is 18.0 Å². The lowest BCUT2D eigenvalue weighted by molar-refractivity contribution is -0.140. The summed E-state index contributed by atoms with van der Waals surface area (Å²) in [6.07, 6.45) is 0. The highest BCUT2D eigenvalue weighted by molar-refractivity contribution is 7.92. The van der Waals surface area contributed by atoms with E-state index in [9.17, 15) is 18.0 Å². The smallest absolute Gasteiger partial charge is 0.264 e. The molecule has 0 radical (unpaired) electrons. The second-order valence-corrected chi connectivity index (χ2v) is 12.5. The summed E-state index contributed by atoms with van der Waals surface area (Å²) in [5, 5.41) is 3.74. The lowest BCUT2D eigenvalue weighted by atomic mass is 10.1. The van der Waals surface area contributed by atoms with Gasteiger partial charge in [0.15, 0.2) is 0 Å². The number of rotatable bonds is 9. The predicted molar refractivity (Wildman–Crippen MR) is 152 cm³/mol. The van der Waals surface area contributed by atoms with Gasteiger partial charge in [-0.25, -0.2) is 8.42 Å². The van der Waals surface area contributed by atoms with Gasteiger partial charge in [0, 0.05) is 22.1 Å². The molecule has 0 heterocycles. The van der Waals surface area contributed by atoms with Crippen LogP contribution in [0.1, 0.15) is 33.3 Å². The Hall–Kier alpha value is -3.07. The first-order chi connectivity index (χ1) is 17.8. The van der Waals surface area contributed by atoms with Crippen LogP contribution in [0.5, 0.6) is 0 Å². The molecule has 7 nitrogen and oxygen atoms in total. The molecule has 0 aromatic heterocycles. The van der Waals surface area contributed by atoms with Crippen LogP contribution < -0.4 is 9.62 Å². The number of hydrogen-bond donors (Lipinski definition) is 1. The predicted octanol–water partition coefficient (Wildman–Crippen LogP) is 5.52. The molecule has 0 aliphatic carbocycles. The van der Waals surface area contributed by atoms with Crippen LogP contribution in [0.25, 0.3) is 0 Å². The van der Waals surface area contributed by atoms with Gasteiger partial charge in [0.25, 0.3) is 10.0 Å². The van der Waals surface area contributed by atoms with Gasteiger partial charge < -0.3 is 10.2 Å². The van der Waals surface area contributed by atoms with Gasteiger partial charge in [-0.05, 0) is 75.7 Å². The van der Waals surface area contributed by atoms with Crippen molar-refractivity contribution in [2.75, 3.05) is 10.8 Å². The summed E-state index contributed by atoms with van der Waals surface area (Å²) < 4.78 is 28.4. The number of nitrogens with zero attached hydrogens (tertiary/aromatic N) is 2. The second-order valence-electron chi connectivity index (χ2n) is 9.83. The van der Waals surface area contributed by atoms with E-state index in [-0.39, 0.29) is 23.0 Å². The molecule has 0 aliphatic heterocycles. The van der Waals surface area contributed by atoms with Gasteiger partial charge in [0.05, 0.1) is 10.6 Å². The molecule has 0 aliphatic rings. The molecule has 0 unspecified atom stereocenters. The zero-order valence-electron chi connectivity index (χ0n) is 21.7. The highest BCUT2D eigenvalue weighted by Gasteiger charge is 2.33. The molecule has 0 saturated heterocycles. The van der Waals surface area contributed by atoms with Crippen molar-refractivity contribution in [2.24, 2.45) is 0 Å². The van der Waals surface area contributed by atoms with Crippen molar-refractivity contribution in [1.82, 2.24) is 10.2 Å². The number of nitrogens with one attached hydrogen (secondary N) is 1. The average Bonchev–Trinajstić information content (AvgIpc) is 2.86. The fraction of sp³-hybridized carbons (Fsp3) is 0.286. The van der Waals surface area contributed by atoms with Crippen molar-refractivity contribution in [3.63, 3.8) is 0 Å². The SMILES string of the molecule is C[C@H](C(=O)NC(C)(C)C)N(Cc1ccccc1Cl)C(=O)CN(c1ccc(Cl)cc1)S(=O)(=O)c1ccccc1. The van der Waals surface area contributed by atoms with Gasteiger partial charge in [-0.15, -0.1) is 0 Å². The molecule has 1 N–H and O–H groups in total. The molecule has 10 heteroatoms. The molecule has 3 rings (SSSR count). The van der Waals surface area contributed by atoms with Crippen LogP contribution in [0.15, 0.2) is 83.8 Å². The van der Waals surface area contributed by atoms with Gasteiger partial charge in [-0.2, -0.15) is 0 Å². The first-order valence-corrected chi connectivity index (χ1v) is 14.2. The van der Waals surface area contributed by atoms with Gasteiger partial charge >= 0.3 is 0 Å². The zero-order valence-corrected chi connectivity index (χ0v) is 24.0. The monoisotopic (exact) mass is 575 g/mol. The molecule has 0 bridgehead atoms. The number of hydrogen-bond acceptors (Lipinski definition) is 4. The molecule has 3 aromatic carbocycles. The standard InChI is InChI=1S/C28H31Cl2N3O4S/c1-20(27(35)31-28(2,3)4)32(18-21-10-8-9-13-25(21)30)26(34)19-33(23-16-14-22(29)15-17-23)38(36,37)24-11-6-5-7-12-24/h5-17,20H,18-19H2,1-4H3,(H,31,35)/t20-/m1/s1. The third kappa shape index (κ3) is 7.49. The van der Waals surface area contributed by atoms with Gasteiger partial charge in [-0.3, -0.25) is 13.9 Å². The van der Waals surface area contributed by atoms with E-state index in [0.717, 1.165) is 4.31 Å². The number of carbonyl (C=O) groups excluding carboxylic acids is 2. The molecule has 0 fully saturated rings. The van der Waals surface area contributed by atoms with E-state index in [1.165, 1.54) is 29.2 Å². The van der Waals surface area contributed by atoms with E-state index < -0.39 is 34.1 Å². The van der Waals surface area contributed by atoms with E-state index in [1.807, 2.05) is 20.8 Å². The Morgan fingerprint density at radius 3 is 2.05 bits per heavy atom. The van der Waals surface area contributed by atoms with Crippen molar-refractivity contribution in [3.05, 3.63) is 94.5 Å². The maximum Gasteiger partial charge on any atom is 0.264 e. The Bertz CT molecular complexity index is 1380. The van der Waals surface area contributed by atoms with E-state index in [1.54, 1.807) is 61.5 Å². The number of anilines is 1. The van der Waals surface area contributed by atoms with Crippen molar-refractivity contribution in [2.45, 2.75) is 50.7 Å². The number of benzene rings is 3. The summed E-state index contributed by atoms with van der Waals surface area (Å²) in [6.45, 7) is 6.59.